The second kappa shape index (κ2) is 6.44. The van der Waals surface area contributed by atoms with Gasteiger partial charge in [0, 0.05) is 24.8 Å². The van der Waals surface area contributed by atoms with Crippen molar-refractivity contribution in [3.63, 3.8) is 0 Å². The SMILES string of the molecule is CC(NC1CCCCC1CO)c1cc(F)cc(F)c1. The molecular weight excluding hydrogens is 248 g/mol. The molecule has 0 radical (unpaired) electrons. The summed E-state index contributed by atoms with van der Waals surface area (Å²) >= 11 is 0. The van der Waals surface area contributed by atoms with Crippen molar-refractivity contribution in [2.75, 3.05) is 6.61 Å². The average molecular weight is 269 g/mol. The minimum atomic E-state index is -0.550. The van der Waals surface area contributed by atoms with Crippen LogP contribution in [0.4, 0.5) is 8.78 Å². The molecule has 3 atom stereocenters. The predicted molar refractivity (Wildman–Crippen MR) is 70.7 cm³/mol. The maximum Gasteiger partial charge on any atom is 0.126 e. The highest BCUT2D eigenvalue weighted by Crippen LogP contribution is 2.26. The zero-order chi connectivity index (χ0) is 13.8. The number of aliphatic hydroxyl groups excluding tert-OH is 1. The van der Waals surface area contributed by atoms with E-state index in [1.54, 1.807) is 0 Å². The van der Waals surface area contributed by atoms with Crippen LogP contribution in [-0.2, 0) is 0 Å². The molecule has 0 heterocycles. The number of rotatable bonds is 4. The van der Waals surface area contributed by atoms with E-state index in [4.69, 9.17) is 0 Å². The molecular formula is C15H21F2NO. The molecule has 1 aliphatic carbocycles. The van der Waals surface area contributed by atoms with Crippen molar-refractivity contribution in [1.29, 1.82) is 0 Å². The van der Waals surface area contributed by atoms with Crippen LogP contribution in [0.25, 0.3) is 0 Å². The van der Waals surface area contributed by atoms with Gasteiger partial charge in [0.05, 0.1) is 0 Å². The lowest BCUT2D eigenvalue weighted by molar-refractivity contribution is 0.147. The third-order valence-electron chi connectivity index (χ3n) is 3.99. The zero-order valence-corrected chi connectivity index (χ0v) is 11.2. The number of nitrogens with one attached hydrogen (secondary N) is 1. The highest BCUT2D eigenvalue weighted by molar-refractivity contribution is 5.21. The Kier molecular flexibility index (Phi) is 4.88. The van der Waals surface area contributed by atoms with Gasteiger partial charge in [-0.25, -0.2) is 8.78 Å². The third kappa shape index (κ3) is 3.74. The second-order valence-electron chi connectivity index (χ2n) is 5.42. The van der Waals surface area contributed by atoms with Crippen molar-refractivity contribution in [2.24, 2.45) is 5.92 Å². The molecule has 1 saturated carbocycles. The van der Waals surface area contributed by atoms with Crippen molar-refractivity contribution >= 4 is 0 Å². The normalized spacial score (nSPS) is 25.3. The lowest BCUT2D eigenvalue weighted by atomic mass is 9.84. The maximum atomic E-state index is 13.2. The zero-order valence-electron chi connectivity index (χ0n) is 11.2. The fraction of sp³-hybridized carbons (Fsp3) is 0.600. The molecule has 19 heavy (non-hydrogen) atoms. The highest BCUT2D eigenvalue weighted by Gasteiger charge is 2.25. The topological polar surface area (TPSA) is 32.3 Å². The minimum Gasteiger partial charge on any atom is -0.396 e. The summed E-state index contributed by atoms with van der Waals surface area (Å²) in [7, 11) is 0. The first-order chi connectivity index (χ1) is 9.10. The van der Waals surface area contributed by atoms with Gasteiger partial charge in [0.25, 0.3) is 0 Å². The largest absolute Gasteiger partial charge is 0.396 e. The maximum absolute atomic E-state index is 13.2. The number of hydrogen-bond donors (Lipinski definition) is 2. The Balaban J connectivity index is 2.04. The molecule has 0 amide bonds. The standard InChI is InChI=1S/C15H21F2NO/c1-10(12-6-13(16)8-14(17)7-12)18-15-5-3-2-4-11(15)9-19/h6-8,10-11,15,18-19H,2-5,9H2,1H3. The summed E-state index contributed by atoms with van der Waals surface area (Å²) in [6.45, 7) is 2.07. The van der Waals surface area contributed by atoms with Crippen LogP contribution < -0.4 is 5.32 Å². The van der Waals surface area contributed by atoms with Crippen molar-refractivity contribution in [3.8, 4) is 0 Å². The first-order valence-electron chi connectivity index (χ1n) is 6.93. The monoisotopic (exact) mass is 269 g/mol. The van der Waals surface area contributed by atoms with Gasteiger partial charge in [0.2, 0.25) is 0 Å². The van der Waals surface area contributed by atoms with Crippen LogP contribution in [0.1, 0.15) is 44.2 Å². The second-order valence-corrected chi connectivity index (χ2v) is 5.42. The van der Waals surface area contributed by atoms with Gasteiger partial charge in [-0.2, -0.15) is 0 Å². The molecule has 106 valence electrons. The van der Waals surface area contributed by atoms with E-state index in [1.165, 1.54) is 12.1 Å². The van der Waals surface area contributed by atoms with Crippen LogP contribution in [0.5, 0.6) is 0 Å². The lowest BCUT2D eigenvalue weighted by Gasteiger charge is -2.33. The van der Waals surface area contributed by atoms with Gasteiger partial charge >= 0.3 is 0 Å². The van der Waals surface area contributed by atoms with E-state index in [9.17, 15) is 13.9 Å². The van der Waals surface area contributed by atoms with Crippen molar-refractivity contribution in [2.45, 2.75) is 44.7 Å². The number of aliphatic hydroxyl groups is 1. The Labute approximate surface area is 112 Å². The lowest BCUT2D eigenvalue weighted by Crippen LogP contribution is -2.41. The molecule has 4 heteroatoms. The molecule has 1 aromatic rings. The molecule has 0 bridgehead atoms. The summed E-state index contributed by atoms with van der Waals surface area (Å²) in [6, 6.07) is 3.70. The molecule has 1 aromatic carbocycles. The van der Waals surface area contributed by atoms with Gasteiger partial charge in [-0.1, -0.05) is 12.8 Å². The molecule has 1 fully saturated rings. The van der Waals surface area contributed by atoms with E-state index >= 15 is 0 Å². The highest BCUT2D eigenvalue weighted by atomic mass is 19.1. The smallest absolute Gasteiger partial charge is 0.126 e. The van der Waals surface area contributed by atoms with Crippen LogP contribution in [-0.4, -0.2) is 17.8 Å². The first-order valence-corrected chi connectivity index (χ1v) is 6.93. The van der Waals surface area contributed by atoms with E-state index < -0.39 is 11.6 Å². The fourth-order valence-electron chi connectivity index (χ4n) is 2.89. The molecule has 2 N–H and O–H groups in total. The van der Waals surface area contributed by atoms with E-state index in [2.05, 4.69) is 5.32 Å². The Morgan fingerprint density at radius 1 is 1.21 bits per heavy atom. The molecule has 2 rings (SSSR count). The van der Waals surface area contributed by atoms with Crippen molar-refractivity contribution < 1.29 is 13.9 Å². The van der Waals surface area contributed by atoms with Gasteiger partial charge in [-0.15, -0.1) is 0 Å². The molecule has 0 spiro atoms. The van der Waals surface area contributed by atoms with Crippen LogP contribution in [0.2, 0.25) is 0 Å². The molecule has 3 unspecified atom stereocenters. The van der Waals surface area contributed by atoms with Gasteiger partial charge in [-0.05, 0) is 43.4 Å². The van der Waals surface area contributed by atoms with E-state index in [0.29, 0.717) is 5.56 Å². The van der Waals surface area contributed by atoms with Gasteiger partial charge in [0.15, 0.2) is 0 Å². The molecule has 0 saturated heterocycles. The quantitative estimate of drug-likeness (QED) is 0.880. The van der Waals surface area contributed by atoms with Gasteiger partial charge in [-0.3, -0.25) is 0 Å². The first kappa shape index (κ1) is 14.4. The Morgan fingerprint density at radius 3 is 2.47 bits per heavy atom. The Hall–Kier alpha value is -1.00. The molecule has 2 nitrogen and oxygen atoms in total. The summed E-state index contributed by atoms with van der Waals surface area (Å²) in [4.78, 5) is 0. The summed E-state index contributed by atoms with van der Waals surface area (Å²) in [5.41, 5.74) is 0.611. The molecule has 0 aromatic heterocycles. The van der Waals surface area contributed by atoms with Crippen LogP contribution in [0, 0.1) is 17.6 Å². The minimum absolute atomic E-state index is 0.123. The van der Waals surface area contributed by atoms with E-state index in [-0.39, 0.29) is 24.6 Å². The summed E-state index contributed by atoms with van der Waals surface area (Å²) in [5, 5.41) is 12.8. The van der Waals surface area contributed by atoms with Crippen LogP contribution >= 0.6 is 0 Å². The van der Waals surface area contributed by atoms with Crippen LogP contribution in [0.15, 0.2) is 18.2 Å². The molecule has 1 aliphatic rings. The van der Waals surface area contributed by atoms with E-state index in [0.717, 1.165) is 31.7 Å². The number of halogens is 2. The van der Waals surface area contributed by atoms with Crippen molar-refractivity contribution in [1.82, 2.24) is 5.32 Å². The fourth-order valence-corrected chi connectivity index (χ4v) is 2.89. The van der Waals surface area contributed by atoms with Gasteiger partial charge in [0.1, 0.15) is 11.6 Å². The average Bonchev–Trinajstić information content (AvgIpc) is 2.38. The number of benzene rings is 1. The Bertz CT molecular complexity index is 404. The number of hydrogen-bond acceptors (Lipinski definition) is 2. The van der Waals surface area contributed by atoms with Crippen molar-refractivity contribution in [3.05, 3.63) is 35.4 Å². The van der Waals surface area contributed by atoms with Crippen LogP contribution in [0.3, 0.4) is 0 Å². The third-order valence-corrected chi connectivity index (χ3v) is 3.99. The Morgan fingerprint density at radius 2 is 1.84 bits per heavy atom. The summed E-state index contributed by atoms with van der Waals surface area (Å²) < 4.78 is 26.4. The van der Waals surface area contributed by atoms with E-state index in [1.807, 2.05) is 6.92 Å². The van der Waals surface area contributed by atoms with Gasteiger partial charge < -0.3 is 10.4 Å². The summed E-state index contributed by atoms with van der Waals surface area (Å²) in [5.74, 6) is -0.855. The molecule has 0 aliphatic heterocycles. The summed E-state index contributed by atoms with van der Waals surface area (Å²) in [6.07, 6.45) is 4.30. The predicted octanol–water partition coefficient (Wildman–Crippen LogP) is 3.17.